The number of rotatable bonds is 4. The average Bonchev–Trinajstić information content (AvgIpc) is 3.52. The largest absolute Gasteiger partial charge is 0.308 e. The van der Waals surface area contributed by atoms with Gasteiger partial charge in [0.15, 0.2) is 0 Å². The first-order valence-corrected chi connectivity index (χ1v) is 13.2. The number of hydrogen-bond acceptors (Lipinski definition) is 3. The van der Waals surface area contributed by atoms with Crippen molar-refractivity contribution in [3.05, 3.63) is 127 Å². The molecule has 0 bridgehead atoms. The van der Waals surface area contributed by atoms with E-state index in [2.05, 4.69) is 88.5 Å². The van der Waals surface area contributed by atoms with Crippen molar-refractivity contribution in [1.82, 2.24) is 19.1 Å². The number of nitrogens with one attached hydrogen (secondary N) is 1. The molecule has 4 aromatic heterocycles. The number of hydrogen-bond donors (Lipinski definition) is 1. The van der Waals surface area contributed by atoms with Crippen molar-refractivity contribution in [2.75, 3.05) is 0 Å². The molecule has 4 aromatic carbocycles. The predicted molar refractivity (Wildman–Crippen MR) is 166 cm³/mol. The maximum absolute atomic E-state index is 8.55. The van der Waals surface area contributed by atoms with Gasteiger partial charge in [-0.3, -0.25) is 9.55 Å². The molecule has 0 radical (unpaired) electrons. The predicted octanol–water partition coefficient (Wildman–Crippen LogP) is 8.46. The molecule has 0 fully saturated rings. The van der Waals surface area contributed by atoms with Crippen LogP contribution in [0.5, 0.6) is 0 Å². The van der Waals surface area contributed by atoms with Gasteiger partial charge in [-0.2, -0.15) is 0 Å². The zero-order chi connectivity index (χ0) is 26.8. The third-order valence-corrected chi connectivity index (χ3v) is 7.85. The average molecular weight is 514 g/mol. The zero-order valence-electron chi connectivity index (χ0n) is 21.5. The van der Waals surface area contributed by atoms with E-state index in [9.17, 15) is 0 Å². The molecular formula is C35H23N5. The van der Waals surface area contributed by atoms with Crippen LogP contribution in [0, 0.1) is 5.41 Å². The molecule has 0 amide bonds. The second kappa shape index (κ2) is 8.48. The van der Waals surface area contributed by atoms with E-state index in [0.29, 0.717) is 0 Å². The van der Waals surface area contributed by atoms with Crippen LogP contribution in [0.4, 0.5) is 0 Å². The topological polar surface area (TPSA) is 59.5 Å². The fourth-order valence-electron chi connectivity index (χ4n) is 6.23. The monoisotopic (exact) mass is 513 g/mol. The van der Waals surface area contributed by atoms with Gasteiger partial charge in [-0.05, 0) is 47.2 Å². The maximum atomic E-state index is 8.55. The van der Waals surface area contributed by atoms with E-state index in [4.69, 9.17) is 15.4 Å². The van der Waals surface area contributed by atoms with E-state index < -0.39 is 0 Å². The van der Waals surface area contributed by atoms with Crippen molar-refractivity contribution in [3.8, 4) is 11.4 Å². The molecule has 5 heteroatoms. The Labute approximate surface area is 229 Å². The molecular weight excluding hydrogens is 490 g/mol. The third-order valence-electron chi connectivity index (χ3n) is 7.85. The summed E-state index contributed by atoms with van der Waals surface area (Å²) in [6.07, 6.45) is 7.01. The molecule has 8 aromatic rings. The molecule has 8 rings (SSSR count). The summed E-state index contributed by atoms with van der Waals surface area (Å²) in [6.45, 7) is 4.14. The van der Waals surface area contributed by atoms with Crippen LogP contribution in [0.25, 0.3) is 72.0 Å². The molecule has 0 atom stereocenters. The first-order chi connectivity index (χ1) is 19.8. The van der Waals surface area contributed by atoms with E-state index in [1.807, 2.05) is 42.7 Å². The van der Waals surface area contributed by atoms with Gasteiger partial charge >= 0.3 is 0 Å². The van der Waals surface area contributed by atoms with Gasteiger partial charge in [-0.15, -0.1) is 0 Å². The summed E-state index contributed by atoms with van der Waals surface area (Å²) >= 11 is 0. The zero-order valence-corrected chi connectivity index (χ0v) is 21.5. The maximum Gasteiger partial charge on any atom is 0.147 e. The van der Waals surface area contributed by atoms with Gasteiger partial charge in [0.2, 0.25) is 0 Å². The van der Waals surface area contributed by atoms with Crippen molar-refractivity contribution in [1.29, 1.82) is 5.41 Å². The molecule has 1 N–H and O–H groups in total. The Bertz CT molecular complexity index is 2250. The van der Waals surface area contributed by atoms with Crippen molar-refractivity contribution >= 4 is 66.8 Å². The second-order valence-electron chi connectivity index (χ2n) is 9.91. The second-order valence-corrected chi connectivity index (χ2v) is 9.91. The van der Waals surface area contributed by atoms with Crippen LogP contribution in [0.1, 0.15) is 11.3 Å². The Kier molecular flexibility index (Phi) is 4.76. The van der Waals surface area contributed by atoms with Gasteiger partial charge in [-0.1, -0.05) is 73.3 Å². The molecule has 188 valence electrons. The molecule has 40 heavy (non-hydrogen) atoms. The van der Waals surface area contributed by atoms with Gasteiger partial charge in [0, 0.05) is 46.0 Å². The highest BCUT2D eigenvalue weighted by molar-refractivity contribution is 6.22. The summed E-state index contributed by atoms with van der Waals surface area (Å²) in [5.74, 6) is 0. The highest BCUT2D eigenvalue weighted by Gasteiger charge is 2.25. The Hall–Kier alpha value is -5.55. The van der Waals surface area contributed by atoms with Crippen molar-refractivity contribution in [2.45, 2.75) is 0 Å². The summed E-state index contributed by atoms with van der Waals surface area (Å²) in [5, 5.41) is 15.0. The summed E-state index contributed by atoms with van der Waals surface area (Å²) in [7, 11) is 0. The van der Waals surface area contributed by atoms with Crippen molar-refractivity contribution < 1.29 is 0 Å². The van der Waals surface area contributed by atoms with Gasteiger partial charge in [-0.25, -0.2) is 4.98 Å². The first-order valence-electron chi connectivity index (χ1n) is 13.2. The summed E-state index contributed by atoms with van der Waals surface area (Å²) in [4.78, 5) is 9.84. The molecule has 0 saturated heterocycles. The van der Waals surface area contributed by atoms with Crippen LogP contribution in [0.15, 0.2) is 116 Å². The van der Waals surface area contributed by atoms with Crippen molar-refractivity contribution in [2.24, 2.45) is 0 Å². The number of aromatic nitrogens is 4. The summed E-state index contributed by atoms with van der Waals surface area (Å²) in [6, 6.07) is 33.6. The lowest BCUT2D eigenvalue weighted by atomic mass is 10.0. The standard InChI is InChI=1S/C35H23N5/c1-2-29-27(20-36)31-34-28(21-38-35(31)39(29)24-13-4-3-5-14-24)32-30(17-10-18-37-32)40(34)33-25-15-8-6-11-22(25)19-23-12-7-9-16-26(23)33/h2-21,36H,1H2. The fraction of sp³-hybridized carbons (Fsp3) is 0. The van der Waals surface area contributed by atoms with E-state index >= 15 is 0 Å². The highest BCUT2D eigenvalue weighted by atomic mass is 15.1. The van der Waals surface area contributed by atoms with Crippen LogP contribution in [0.3, 0.4) is 0 Å². The first kappa shape index (κ1) is 22.4. The Balaban J connectivity index is 1.68. The Morgan fingerprint density at radius 1 is 0.725 bits per heavy atom. The molecule has 5 nitrogen and oxygen atoms in total. The van der Waals surface area contributed by atoms with Crippen LogP contribution in [-0.4, -0.2) is 25.3 Å². The number of fused-ring (bicyclic) bond motifs is 7. The Morgan fingerprint density at radius 2 is 1.43 bits per heavy atom. The molecule has 0 unspecified atom stereocenters. The molecule has 0 aliphatic rings. The number of para-hydroxylation sites is 1. The SMILES string of the molecule is C=Cc1c(C=N)c2c(ncc3c4ncccc4n(-c4c5ccccc5cc5ccccc45)c32)n1-c1ccccc1. The van der Waals surface area contributed by atoms with Crippen LogP contribution in [0.2, 0.25) is 0 Å². The fourth-order valence-corrected chi connectivity index (χ4v) is 6.23. The normalized spacial score (nSPS) is 11.7. The lowest BCUT2D eigenvalue weighted by molar-refractivity contribution is 1.08. The van der Waals surface area contributed by atoms with Gasteiger partial charge in [0.1, 0.15) is 5.65 Å². The smallest absolute Gasteiger partial charge is 0.147 e. The number of benzene rings is 4. The highest BCUT2D eigenvalue weighted by Crippen LogP contribution is 2.42. The van der Waals surface area contributed by atoms with E-state index in [1.54, 1.807) is 0 Å². The van der Waals surface area contributed by atoms with Crippen LogP contribution >= 0.6 is 0 Å². The van der Waals surface area contributed by atoms with E-state index in [-0.39, 0.29) is 0 Å². The minimum Gasteiger partial charge on any atom is -0.308 e. The molecule has 0 aliphatic heterocycles. The quantitative estimate of drug-likeness (QED) is 0.190. The lowest BCUT2D eigenvalue weighted by Crippen LogP contribution is -1.99. The molecule has 0 aliphatic carbocycles. The van der Waals surface area contributed by atoms with Crippen LogP contribution in [-0.2, 0) is 0 Å². The number of pyridine rings is 2. The van der Waals surface area contributed by atoms with E-state index in [1.165, 1.54) is 17.0 Å². The minimum atomic E-state index is 0.778. The Morgan fingerprint density at radius 3 is 2.12 bits per heavy atom. The molecule has 0 spiro atoms. The van der Waals surface area contributed by atoms with E-state index in [0.717, 1.165) is 66.4 Å². The lowest BCUT2D eigenvalue weighted by Gasteiger charge is -2.16. The summed E-state index contributed by atoms with van der Waals surface area (Å²) < 4.78 is 4.43. The van der Waals surface area contributed by atoms with Gasteiger partial charge < -0.3 is 9.98 Å². The molecule has 4 heterocycles. The van der Waals surface area contributed by atoms with Gasteiger partial charge in [0.05, 0.1) is 33.3 Å². The molecule has 0 saturated carbocycles. The summed E-state index contributed by atoms with van der Waals surface area (Å²) in [5.41, 5.74) is 7.32. The third kappa shape index (κ3) is 2.94. The minimum absolute atomic E-state index is 0.778. The number of nitrogens with zero attached hydrogens (tertiary/aromatic N) is 4. The van der Waals surface area contributed by atoms with Crippen molar-refractivity contribution in [3.63, 3.8) is 0 Å². The van der Waals surface area contributed by atoms with Gasteiger partial charge in [0.25, 0.3) is 0 Å². The van der Waals surface area contributed by atoms with Crippen LogP contribution < -0.4 is 0 Å².